The van der Waals surface area contributed by atoms with Gasteiger partial charge < -0.3 is 23.8 Å². The quantitative estimate of drug-likeness (QED) is 0.586. The molecule has 2 N–H and O–H groups in total. The summed E-state index contributed by atoms with van der Waals surface area (Å²) in [6, 6.07) is 10.2. The molecule has 2 heterocycles. The van der Waals surface area contributed by atoms with Crippen LogP contribution in [0.4, 0.5) is 0 Å². The molecule has 0 spiro atoms. The molecule has 3 rings (SSSR count). The van der Waals surface area contributed by atoms with Crippen LogP contribution in [0.1, 0.15) is 0 Å². The molecule has 0 aliphatic carbocycles. The largest absolute Gasteiger partial charge is 0.370 e. The Bertz CT molecular complexity index is 502. The van der Waals surface area contributed by atoms with Crippen molar-refractivity contribution >= 4 is 12.4 Å². The van der Waals surface area contributed by atoms with E-state index >= 15 is 0 Å². The van der Waals surface area contributed by atoms with E-state index in [2.05, 4.69) is 12.1 Å². The highest BCUT2D eigenvalue weighted by Crippen LogP contribution is 2.42. The zero-order chi connectivity index (χ0) is 16.7. The maximum absolute atomic E-state index is 13.8. The Morgan fingerprint density at radius 3 is 1.71 bits per heavy atom. The van der Waals surface area contributed by atoms with Crippen molar-refractivity contribution in [2.75, 3.05) is 78.0 Å². The molecule has 2 saturated heterocycles. The van der Waals surface area contributed by atoms with Crippen molar-refractivity contribution in [2.24, 2.45) is 0 Å². The van der Waals surface area contributed by atoms with Crippen molar-refractivity contribution in [3.8, 4) is 0 Å². The Labute approximate surface area is 145 Å². The number of hydrogen-bond acceptors (Lipinski definition) is 3. The normalized spacial score (nSPS) is 21.0. The van der Waals surface area contributed by atoms with Crippen LogP contribution in [0.15, 0.2) is 30.3 Å². The van der Waals surface area contributed by atoms with Crippen LogP contribution >= 0.6 is 7.14 Å². The number of morpholine rings is 2. The van der Waals surface area contributed by atoms with E-state index in [1.54, 1.807) is 0 Å². The van der Waals surface area contributed by atoms with E-state index in [0.717, 1.165) is 83.3 Å². The molecule has 2 fully saturated rings. The lowest BCUT2D eigenvalue weighted by Crippen LogP contribution is -3.14. The number of quaternary nitrogens is 2. The van der Waals surface area contributed by atoms with Gasteiger partial charge in [-0.1, -0.05) is 30.3 Å². The summed E-state index contributed by atoms with van der Waals surface area (Å²) in [6.07, 6.45) is 1.63. The first kappa shape index (κ1) is 18.1. The molecule has 2 aliphatic heterocycles. The van der Waals surface area contributed by atoms with Crippen molar-refractivity contribution in [1.82, 2.24) is 0 Å². The number of nitrogens with one attached hydrogen (secondary N) is 2. The molecule has 134 valence electrons. The molecule has 0 bridgehead atoms. The molecule has 24 heavy (non-hydrogen) atoms. The monoisotopic (exact) mass is 354 g/mol. The lowest BCUT2D eigenvalue weighted by molar-refractivity contribution is -0.906. The summed E-state index contributed by atoms with van der Waals surface area (Å²) in [4.78, 5) is 3.08. The third kappa shape index (κ3) is 5.14. The molecule has 0 saturated carbocycles. The van der Waals surface area contributed by atoms with Crippen LogP contribution in [0.25, 0.3) is 0 Å². The highest BCUT2D eigenvalue weighted by molar-refractivity contribution is 7.71. The molecule has 0 amide bonds. The van der Waals surface area contributed by atoms with Gasteiger partial charge in [-0.25, -0.2) is 0 Å². The SMILES string of the molecule is O=P(CC[NH+]1CCOCC1)(CC[NH+]1CCOCC1)c1ccccc1. The van der Waals surface area contributed by atoms with Crippen molar-refractivity contribution < 1.29 is 23.8 Å². The van der Waals surface area contributed by atoms with E-state index in [-0.39, 0.29) is 0 Å². The Kier molecular flexibility index (Phi) is 6.87. The predicted octanol–water partition coefficient (Wildman–Crippen LogP) is -1.49. The summed E-state index contributed by atoms with van der Waals surface area (Å²) in [5, 5.41) is 1.06. The second-order valence-corrected chi connectivity index (χ2v) is 10.1. The topological polar surface area (TPSA) is 44.4 Å². The van der Waals surface area contributed by atoms with Gasteiger partial charge in [0.2, 0.25) is 0 Å². The van der Waals surface area contributed by atoms with Crippen LogP contribution in [0.2, 0.25) is 0 Å². The highest BCUT2D eigenvalue weighted by atomic mass is 31.2. The zero-order valence-corrected chi connectivity index (χ0v) is 15.4. The average Bonchev–Trinajstić information content (AvgIpc) is 2.67. The molecule has 2 aliphatic rings. The maximum atomic E-state index is 13.8. The van der Waals surface area contributed by atoms with E-state index in [1.807, 2.05) is 18.2 Å². The molecular formula is C18H31N2O3P+2. The average molecular weight is 354 g/mol. The van der Waals surface area contributed by atoms with Crippen LogP contribution in [-0.4, -0.2) is 78.0 Å². The van der Waals surface area contributed by atoms with E-state index in [1.165, 1.54) is 9.80 Å². The van der Waals surface area contributed by atoms with Gasteiger partial charge >= 0.3 is 0 Å². The third-order valence-electron chi connectivity index (χ3n) is 5.28. The number of ether oxygens (including phenoxy) is 2. The first-order chi connectivity index (χ1) is 11.8. The van der Waals surface area contributed by atoms with Crippen molar-refractivity contribution in [3.63, 3.8) is 0 Å². The predicted molar refractivity (Wildman–Crippen MR) is 96.2 cm³/mol. The molecule has 0 aromatic heterocycles. The van der Waals surface area contributed by atoms with E-state index in [4.69, 9.17) is 9.47 Å². The summed E-state index contributed by atoms with van der Waals surface area (Å²) in [5.74, 6) is 0. The van der Waals surface area contributed by atoms with Crippen LogP contribution in [0.5, 0.6) is 0 Å². The summed E-state index contributed by atoms with van der Waals surface area (Å²) >= 11 is 0. The summed E-state index contributed by atoms with van der Waals surface area (Å²) in [7, 11) is -2.33. The maximum Gasteiger partial charge on any atom is 0.126 e. The van der Waals surface area contributed by atoms with Gasteiger partial charge in [-0.3, -0.25) is 0 Å². The minimum absolute atomic E-state index is 0.816. The minimum atomic E-state index is -2.33. The Morgan fingerprint density at radius 2 is 1.25 bits per heavy atom. The van der Waals surface area contributed by atoms with Gasteiger partial charge in [0, 0.05) is 5.30 Å². The van der Waals surface area contributed by atoms with Crippen molar-refractivity contribution in [3.05, 3.63) is 30.3 Å². The van der Waals surface area contributed by atoms with Gasteiger partial charge in [-0.2, -0.15) is 0 Å². The van der Waals surface area contributed by atoms with Crippen molar-refractivity contribution in [2.45, 2.75) is 0 Å². The Hall–Kier alpha value is -0.710. The fourth-order valence-corrected chi connectivity index (χ4v) is 6.38. The van der Waals surface area contributed by atoms with Crippen LogP contribution < -0.4 is 15.1 Å². The molecule has 5 nitrogen and oxygen atoms in total. The van der Waals surface area contributed by atoms with E-state index in [9.17, 15) is 4.57 Å². The number of hydrogen-bond donors (Lipinski definition) is 2. The molecule has 0 atom stereocenters. The van der Waals surface area contributed by atoms with Gasteiger partial charge in [-0.15, -0.1) is 0 Å². The fraction of sp³-hybridized carbons (Fsp3) is 0.667. The van der Waals surface area contributed by atoms with Crippen LogP contribution in [0.3, 0.4) is 0 Å². The summed E-state index contributed by atoms with van der Waals surface area (Å²) in [5.41, 5.74) is 0. The van der Waals surface area contributed by atoms with Gasteiger partial charge in [0.1, 0.15) is 33.3 Å². The second kappa shape index (κ2) is 9.12. The first-order valence-corrected chi connectivity index (χ1v) is 11.3. The molecule has 0 unspecified atom stereocenters. The van der Waals surface area contributed by atoms with Gasteiger partial charge in [0.25, 0.3) is 0 Å². The summed E-state index contributed by atoms with van der Waals surface area (Å²) in [6.45, 7) is 9.51. The molecule has 0 radical (unpaired) electrons. The van der Waals surface area contributed by atoms with Gasteiger partial charge in [-0.05, 0) is 0 Å². The highest BCUT2D eigenvalue weighted by Gasteiger charge is 2.29. The second-order valence-electron chi connectivity index (χ2n) is 6.90. The van der Waals surface area contributed by atoms with Gasteiger partial charge in [0.15, 0.2) is 0 Å². The Balaban J connectivity index is 1.62. The lowest BCUT2D eigenvalue weighted by Gasteiger charge is -2.28. The lowest BCUT2D eigenvalue weighted by atomic mass is 10.4. The smallest absolute Gasteiger partial charge is 0.126 e. The molecule has 1 aromatic carbocycles. The minimum Gasteiger partial charge on any atom is -0.370 e. The fourth-order valence-electron chi connectivity index (χ4n) is 3.57. The zero-order valence-electron chi connectivity index (χ0n) is 14.5. The standard InChI is InChI=1S/C18H29N2O3P/c21-24(18-4-2-1-3-5-18,16-10-19-6-12-22-13-7-19)17-11-20-8-14-23-15-9-20/h1-5H,6-17H2/p+2. The van der Waals surface area contributed by atoms with E-state index in [0.29, 0.717) is 0 Å². The van der Waals surface area contributed by atoms with Crippen molar-refractivity contribution in [1.29, 1.82) is 0 Å². The number of benzene rings is 1. The van der Waals surface area contributed by atoms with Crippen LogP contribution in [-0.2, 0) is 14.0 Å². The third-order valence-corrected chi connectivity index (χ3v) is 8.41. The van der Waals surface area contributed by atoms with E-state index < -0.39 is 7.14 Å². The van der Waals surface area contributed by atoms with Crippen LogP contribution in [0, 0.1) is 0 Å². The number of rotatable bonds is 7. The van der Waals surface area contributed by atoms with Gasteiger partial charge in [0.05, 0.1) is 51.8 Å². The summed E-state index contributed by atoms with van der Waals surface area (Å²) < 4.78 is 24.7. The molecule has 6 heteroatoms. The Morgan fingerprint density at radius 1 is 0.792 bits per heavy atom. The molecule has 1 aromatic rings. The molecular weight excluding hydrogens is 323 g/mol. The first-order valence-electron chi connectivity index (χ1n) is 9.23.